The van der Waals surface area contributed by atoms with Crippen LogP contribution in [0.4, 0.5) is 11.4 Å². The molecule has 4 rings (SSSR count). The molecular weight excluding hydrogens is 406 g/mol. The molecule has 0 spiro atoms. The van der Waals surface area contributed by atoms with Gasteiger partial charge in [-0.2, -0.15) is 0 Å². The minimum absolute atomic E-state index is 0.0359. The largest absolute Gasteiger partial charge is 0.319 e. The number of nitro benzene ring substituents is 1. The van der Waals surface area contributed by atoms with Gasteiger partial charge in [0, 0.05) is 23.4 Å². The lowest BCUT2D eigenvalue weighted by atomic mass is 10.1. The predicted molar refractivity (Wildman–Crippen MR) is 122 cm³/mol. The number of rotatable bonds is 5. The highest BCUT2D eigenvalue weighted by Gasteiger charge is 2.20. The normalized spacial score (nSPS) is 10.7. The second kappa shape index (κ2) is 8.43. The van der Waals surface area contributed by atoms with Gasteiger partial charge in [-0.1, -0.05) is 35.9 Å². The summed E-state index contributed by atoms with van der Waals surface area (Å²) >= 11 is 0. The number of nitrogens with one attached hydrogen (secondary N) is 1. The molecule has 0 aliphatic rings. The molecule has 0 saturated heterocycles. The van der Waals surface area contributed by atoms with Crippen LogP contribution in [0.3, 0.4) is 0 Å². The third-order valence-corrected chi connectivity index (χ3v) is 5.14. The lowest BCUT2D eigenvalue weighted by Crippen LogP contribution is -2.14. The molecule has 3 aromatic carbocycles. The van der Waals surface area contributed by atoms with Gasteiger partial charge in [-0.15, -0.1) is 5.10 Å². The first kappa shape index (κ1) is 20.9. The number of nitrogens with zero attached hydrogens (tertiary/aromatic N) is 4. The Morgan fingerprint density at radius 1 is 0.969 bits per heavy atom. The Labute approximate surface area is 184 Å². The summed E-state index contributed by atoms with van der Waals surface area (Å²) in [7, 11) is 0. The van der Waals surface area contributed by atoms with E-state index in [9.17, 15) is 14.9 Å². The van der Waals surface area contributed by atoms with Crippen molar-refractivity contribution in [1.82, 2.24) is 14.8 Å². The van der Waals surface area contributed by atoms with Crippen LogP contribution in [0.1, 0.15) is 27.3 Å². The van der Waals surface area contributed by atoms with Crippen LogP contribution in [-0.2, 0) is 0 Å². The van der Waals surface area contributed by atoms with E-state index in [0.29, 0.717) is 11.5 Å². The van der Waals surface area contributed by atoms with Crippen LogP contribution >= 0.6 is 0 Å². The number of benzene rings is 3. The number of non-ortho nitro benzene ring substituents is 1. The summed E-state index contributed by atoms with van der Waals surface area (Å²) in [6.07, 6.45) is 0. The van der Waals surface area contributed by atoms with Crippen molar-refractivity contribution in [3.05, 3.63) is 99.4 Å². The number of carbonyl (C=O) groups is 1. The molecule has 8 heteroatoms. The van der Waals surface area contributed by atoms with Crippen molar-refractivity contribution in [2.75, 3.05) is 5.32 Å². The van der Waals surface area contributed by atoms with Gasteiger partial charge >= 0.3 is 0 Å². The molecule has 1 heterocycles. The van der Waals surface area contributed by atoms with Crippen LogP contribution in [0.15, 0.2) is 66.7 Å². The smallest absolute Gasteiger partial charge is 0.295 e. The van der Waals surface area contributed by atoms with E-state index in [0.717, 1.165) is 27.9 Å². The minimum Gasteiger partial charge on any atom is -0.319 e. The number of hydrogen-bond acceptors (Lipinski definition) is 5. The maximum atomic E-state index is 12.9. The molecule has 0 aliphatic heterocycles. The monoisotopic (exact) mass is 427 g/mol. The van der Waals surface area contributed by atoms with Gasteiger partial charge in [0.1, 0.15) is 0 Å². The number of nitro groups is 1. The lowest BCUT2D eigenvalue weighted by molar-refractivity contribution is -0.384. The molecule has 0 bridgehead atoms. The van der Waals surface area contributed by atoms with Gasteiger partial charge in [0.25, 0.3) is 11.6 Å². The SMILES string of the molecule is Cc1cccc(-c2nc(C(=O)Nc3cccc([N+](=O)[O-])c3)nn2-c2ccc(C)c(C)c2)c1. The van der Waals surface area contributed by atoms with E-state index in [2.05, 4.69) is 15.4 Å². The van der Waals surface area contributed by atoms with Crippen LogP contribution in [0.2, 0.25) is 0 Å². The zero-order valence-corrected chi connectivity index (χ0v) is 17.9. The summed E-state index contributed by atoms with van der Waals surface area (Å²) in [6, 6.07) is 19.4. The van der Waals surface area contributed by atoms with Crippen molar-refractivity contribution in [2.45, 2.75) is 20.8 Å². The summed E-state index contributed by atoms with van der Waals surface area (Å²) in [5.74, 6) is -0.0608. The standard InChI is InChI=1S/C24H21N5O3/c1-15-6-4-7-18(12-15)23-26-22(27-28(23)20-11-10-16(2)17(3)13-20)24(30)25-19-8-5-9-21(14-19)29(31)32/h4-14H,1-3H3,(H,25,30). The number of aromatic nitrogens is 3. The molecular formula is C24H21N5O3. The van der Waals surface area contributed by atoms with Crippen LogP contribution in [0, 0.1) is 30.9 Å². The van der Waals surface area contributed by atoms with Crippen LogP contribution in [0.25, 0.3) is 17.1 Å². The van der Waals surface area contributed by atoms with E-state index in [1.165, 1.54) is 18.2 Å². The van der Waals surface area contributed by atoms with E-state index in [4.69, 9.17) is 0 Å². The number of aryl methyl sites for hydroxylation is 3. The molecule has 0 aliphatic carbocycles. The fourth-order valence-electron chi connectivity index (χ4n) is 3.30. The Balaban J connectivity index is 1.76. The van der Waals surface area contributed by atoms with Crippen LogP contribution in [-0.4, -0.2) is 25.6 Å². The number of hydrogen-bond donors (Lipinski definition) is 1. The van der Waals surface area contributed by atoms with Gasteiger partial charge in [-0.05, 0) is 56.2 Å². The molecule has 0 saturated carbocycles. The van der Waals surface area contributed by atoms with Gasteiger partial charge in [0.15, 0.2) is 5.82 Å². The minimum atomic E-state index is -0.554. The highest BCUT2D eigenvalue weighted by atomic mass is 16.6. The molecule has 0 unspecified atom stereocenters. The summed E-state index contributed by atoms with van der Waals surface area (Å²) < 4.78 is 1.64. The van der Waals surface area contributed by atoms with Crippen molar-refractivity contribution in [2.24, 2.45) is 0 Å². The zero-order valence-electron chi connectivity index (χ0n) is 17.9. The molecule has 0 fully saturated rings. The van der Waals surface area contributed by atoms with Crippen LogP contribution < -0.4 is 5.32 Å². The predicted octanol–water partition coefficient (Wildman–Crippen LogP) is 5.02. The molecule has 1 N–H and O–H groups in total. The second-order valence-electron chi connectivity index (χ2n) is 7.57. The van der Waals surface area contributed by atoms with Crippen molar-refractivity contribution >= 4 is 17.3 Å². The van der Waals surface area contributed by atoms with E-state index in [1.807, 2.05) is 63.2 Å². The first-order valence-electron chi connectivity index (χ1n) is 9.99. The third kappa shape index (κ3) is 4.24. The molecule has 8 nitrogen and oxygen atoms in total. The average Bonchev–Trinajstić information content (AvgIpc) is 3.21. The lowest BCUT2D eigenvalue weighted by Gasteiger charge is -2.08. The van der Waals surface area contributed by atoms with Gasteiger partial charge in [-0.25, -0.2) is 9.67 Å². The Hall–Kier alpha value is -4.33. The summed E-state index contributed by atoms with van der Waals surface area (Å²) in [5.41, 5.74) is 5.09. The van der Waals surface area contributed by atoms with Gasteiger partial charge in [0.2, 0.25) is 5.82 Å². The molecule has 1 aromatic heterocycles. The molecule has 32 heavy (non-hydrogen) atoms. The highest BCUT2D eigenvalue weighted by Crippen LogP contribution is 2.24. The molecule has 0 radical (unpaired) electrons. The van der Waals surface area contributed by atoms with Crippen LogP contribution in [0.5, 0.6) is 0 Å². The molecule has 160 valence electrons. The van der Waals surface area contributed by atoms with Crippen molar-refractivity contribution in [3.8, 4) is 17.1 Å². The van der Waals surface area contributed by atoms with E-state index >= 15 is 0 Å². The van der Waals surface area contributed by atoms with Gasteiger partial charge in [-0.3, -0.25) is 14.9 Å². The Morgan fingerprint density at radius 3 is 2.47 bits per heavy atom. The summed E-state index contributed by atoms with van der Waals surface area (Å²) in [4.78, 5) is 27.9. The number of amides is 1. The maximum Gasteiger partial charge on any atom is 0.295 e. The molecule has 1 amide bonds. The number of carbonyl (C=O) groups excluding carboxylic acids is 1. The fourth-order valence-corrected chi connectivity index (χ4v) is 3.30. The first-order valence-corrected chi connectivity index (χ1v) is 9.99. The fraction of sp³-hybridized carbons (Fsp3) is 0.125. The Bertz CT molecular complexity index is 1340. The highest BCUT2D eigenvalue weighted by molar-refractivity contribution is 6.02. The molecule has 4 aromatic rings. The van der Waals surface area contributed by atoms with Crippen molar-refractivity contribution in [1.29, 1.82) is 0 Å². The van der Waals surface area contributed by atoms with E-state index in [1.54, 1.807) is 10.7 Å². The zero-order chi connectivity index (χ0) is 22.8. The Morgan fingerprint density at radius 2 is 1.75 bits per heavy atom. The van der Waals surface area contributed by atoms with E-state index in [-0.39, 0.29) is 11.5 Å². The molecule has 0 atom stereocenters. The van der Waals surface area contributed by atoms with Crippen molar-refractivity contribution in [3.63, 3.8) is 0 Å². The Kier molecular flexibility index (Phi) is 5.51. The first-order chi connectivity index (χ1) is 15.3. The number of anilines is 1. The average molecular weight is 427 g/mol. The summed E-state index contributed by atoms with van der Waals surface area (Å²) in [5, 5.41) is 18.1. The summed E-state index contributed by atoms with van der Waals surface area (Å²) in [6.45, 7) is 6.02. The quantitative estimate of drug-likeness (QED) is 0.356. The maximum absolute atomic E-state index is 12.9. The van der Waals surface area contributed by atoms with E-state index < -0.39 is 10.8 Å². The van der Waals surface area contributed by atoms with Gasteiger partial charge < -0.3 is 5.32 Å². The van der Waals surface area contributed by atoms with Gasteiger partial charge in [0.05, 0.1) is 10.6 Å². The van der Waals surface area contributed by atoms with Crippen molar-refractivity contribution < 1.29 is 9.72 Å². The topological polar surface area (TPSA) is 103 Å². The third-order valence-electron chi connectivity index (χ3n) is 5.14. The second-order valence-corrected chi connectivity index (χ2v) is 7.57.